The van der Waals surface area contributed by atoms with Crippen LogP contribution in [0.25, 0.3) is 0 Å². The van der Waals surface area contributed by atoms with Gasteiger partial charge in [-0.2, -0.15) is 0 Å². The van der Waals surface area contributed by atoms with Crippen molar-refractivity contribution in [2.24, 2.45) is 0 Å². The van der Waals surface area contributed by atoms with Crippen LogP contribution in [-0.2, 0) is 6.42 Å². The van der Waals surface area contributed by atoms with Gasteiger partial charge in [-0.05, 0) is 37.9 Å². The number of hydrogen-bond donors (Lipinski definition) is 1. The largest absolute Gasteiger partial charge is 0.497 e. The second-order valence-corrected chi connectivity index (χ2v) is 4.18. The third kappa shape index (κ3) is 4.27. The van der Waals surface area contributed by atoms with Crippen molar-refractivity contribution in [2.45, 2.75) is 32.7 Å². The van der Waals surface area contributed by atoms with Crippen molar-refractivity contribution in [1.29, 1.82) is 0 Å². The molecule has 0 bridgehead atoms. The zero-order valence-corrected chi connectivity index (χ0v) is 11.2. The quantitative estimate of drug-likeness (QED) is 0.791. The van der Waals surface area contributed by atoms with Gasteiger partial charge in [0.05, 0.1) is 14.2 Å². The Kier molecular flexibility index (Phi) is 5.84. The second-order valence-electron chi connectivity index (χ2n) is 4.18. The van der Waals surface area contributed by atoms with Crippen LogP contribution in [0.2, 0.25) is 0 Å². The van der Waals surface area contributed by atoms with Gasteiger partial charge in [0, 0.05) is 12.1 Å². The van der Waals surface area contributed by atoms with Crippen LogP contribution in [0.1, 0.15) is 25.8 Å². The van der Waals surface area contributed by atoms with E-state index in [2.05, 4.69) is 25.2 Å². The van der Waals surface area contributed by atoms with Crippen molar-refractivity contribution in [1.82, 2.24) is 5.32 Å². The highest BCUT2D eigenvalue weighted by atomic mass is 16.5. The number of benzene rings is 1. The number of aryl methyl sites for hydroxylation is 1. The summed E-state index contributed by atoms with van der Waals surface area (Å²) in [4.78, 5) is 0. The van der Waals surface area contributed by atoms with E-state index in [1.165, 1.54) is 5.56 Å². The molecule has 0 saturated heterocycles. The van der Waals surface area contributed by atoms with E-state index in [0.717, 1.165) is 30.9 Å². The van der Waals surface area contributed by atoms with Crippen molar-refractivity contribution in [3.63, 3.8) is 0 Å². The Labute approximate surface area is 104 Å². The molecule has 1 aromatic rings. The molecule has 0 aliphatic rings. The topological polar surface area (TPSA) is 30.5 Å². The summed E-state index contributed by atoms with van der Waals surface area (Å²) in [6, 6.07) is 6.53. The highest BCUT2D eigenvalue weighted by Gasteiger charge is 2.07. The van der Waals surface area contributed by atoms with Gasteiger partial charge in [0.2, 0.25) is 0 Å². The van der Waals surface area contributed by atoms with Crippen LogP contribution >= 0.6 is 0 Å². The molecule has 0 aromatic heterocycles. The molecule has 0 saturated carbocycles. The van der Waals surface area contributed by atoms with Gasteiger partial charge in [-0.3, -0.25) is 0 Å². The zero-order valence-electron chi connectivity index (χ0n) is 11.2. The van der Waals surface area contributed by atoms with Gasteiger partial charge < -0.3 is 14.8 Å². The van der Waals surface area contributed by atoms with Gasteiger partial charge in [0.25, 0.3) is 0 Å². The van der Waals surface area contributed by atoms with Crippen LogP contribution in [0, 0.1) is 0 Å². The molecule has 0 radical (unpaired) electrons. The molecule has 0 spiro atoms. The summed E-state index contributed by atoms with van der Waals surface area (Å²) in [6.45, 7) is 5.35. The summed E-state index contributed by atoms with van der Waals surface area (Å²) >= 11 is 0. The van der Waals surface area contributed by atoms with Crippen LogP contribution in [0.15, 0.2) is 18.2 Å². The molecule has 1 N–H and O–H groups in total. The minimum Gasteiger partial charge on any atom is -0.497 e. The van der Waals surface area contributed by atoms with Gasteiger partial charge in [-0.25, -0.2) is 0 Å². The van der Waals surface area contributed by atoms with Crippen LogP contribution in [0.5, 0.6) is 11.5 Å². The Morgan fingerprint density at radius 3 is 2.59 bits per heavy atom. The Morgan fingerprint density at radius 1 is 1.24 bits per heavy atom. The van der Waals surface area contributed by atoms with Crippen LogP contribution in [0.3, 0.4) is 0 Å². The Bertz CT molecular complexity index is 339. The predicted octanol–water partition coefficient (Wildman–Crippen LogP) is 2.63. The lowest BCUT2D eigenvalue weighted by Crippen LogP contribution is -2.25. The second kappa shape index (κ2) is 7.17. The third-order valence-corrected chi connectivity index (χ3v) is 2.89. The SMILES string of the molecule is CCNC(C)CCc1ccc(OC)cc1OC. The first kappa shape index (κ1) is 13.8. The number of rotatable bonds is 7. The smallest absolute Gasteiger partial charge is 0.125 e. The molecule has 0 fully saturated rings. The van der Waals surface area contributed by atoms with Crippen molar-refractivity contribution >= 4 is 0 Å². The predicted molar refractivity (Wildman–Crippen MR) is 71.0 cm³/mol. The first-order valence-electron chi connectivity index (χ1n) is 6.15. The van der Waals surface area contributed by atoms with Crippen LogP contribution < -0.4 is 14.8 Å². The molecule has 0 heterocycles. The molecule has 3 heteroatoms. The maximum Gasteiger partial charge on any atom is 0.125 e. The van der Waals surface area contributed by atoms with E-state index >= 15 is 0 Å². The average molecular weight is 237 g/mol. The van der Waals surface area contributed by atoms with Crippen LogP contribution in [0.4, 0.5) is 0 Å². The number of ether oxygens (including phenoxy) is 2. The first-order chi connectivity index (χ1) is 8.21. The van der Waals surface area contributed by atoms with Gasteiger partial charge in [0.15, 0.2) is 0 Å². The van der Waals surface area contributed by atoms with Crippen LogP contribution in [-0.4, -0.2) is 26.8 Å². The van der Waals surface area contributed by atoms with Gasteiger partial charge in [0.1, 0.15) is 11.5 Å². The highest BCUT2D eigenvalue weighted by molar-refractivity contribution is 5.40. The number of hydrogen-bond acceptors (Lipinski definition) is 3. The number of nitrogens with one attached hydrogen (secondary N) is 1. The lowest BCUT2D eigenvalue weighted by molar-refractivity contribution is 0.389. The van der Waals surface area contributed by atoms with Crippen molar-refractivity contribution in [3.05, 3.63) is 23.8 Å². The monoisotopic (exact) mass is 237 g/mol. The van der Waals surface area contributed by atoms with Crippen molar-refractivity contribution in [3.8, 4) is 11.5 Å². The Balaban J connectivity index is 2.63. The van der Waals surface area contributed by atoms with Gasteiger partial charge in [-0.1, -0.05) is 13.0 Å². The molecule has 1 unspecified atom stereocenters. The van der Waals surface area contributed by atoms with E-state index < -0.39 is 0 Å². The molecule has 1 atom stereocenters. The normalized spacial score (nSPS) is 12.2. The molecule has 96 valence electrons. The van der Waals surface area contributed by atoms with E-state index in [0.29, 0.717) is 6.04 Å². The fourth-order valence-corrected chi connectivity index (χ4v) is 1.88. The first-order valence-corrected chi connectivity index (χ1v) is 6.15. The molecular weight excluding hydrogens is 214 g/mol. The lowest BCUT2D eigenvalue weighted by atomic mass is 10.0. The average Bonchev–Trinajstić information content (AvgIpc) is 2.36. The summed E-state index contributed by atoms with van der Waals surface area (Å²) in [5.74, 6) is 1.75. The lowest BCUT2D eigenvalue weighted by Gasteiger charge is -2.14. The Morgan fingerprint density at radius 2 is 2.00 bits per heavy atom. The van der Waals surface area contributed by atoms with Crippen molar-refractivity contribution in [2.75, 3.05) is 20.8 Å². The van der Waals surface area contributed by atoms with E-state index in [9.17, 15) is 0 Å². The van der Waals surface area contributed by atoms with Gasteiger partial charge >= 0.3 is 0 Å². The molecule has 0 aliphatic heterocycles. The van der Waals surface area contributed by atoms with E-state index in [1.54, 1.807) is 14.2 Å². The summed E-state index contributed by atoms with van der Waals surface area (Å²) < 4.78 is 10.6. The molecule has 1 rings (SSSR count). The van der Waals surface area contributed by atoms with Gasteiger partial charge in [-0.15, -0.1) is 0 Å². The summed E-state index contributed by atoms with van der Waals surface area (Å²) in [5, 5.41) is 3.41. The highest BCUT2D eigenvalue weighted by Crippen LogP contribution is 2.25. The fourth-order valence-electron chi connectivity index (χ4n) is 1.88. The number of methoxy groups -OCH3 is 2. The Hall–Kier alpha value is -1.22. The summed E-state index contributed by atoms with van der Waals surface area (Å²) in [6.07, 6.45) is 2.12. The molecular formula is C14H23NO2. The van der Waals surface area contributed by atoms with E-state index in [4.69, 9.17) is 9.47 Å². The molecule has 0 aliphatic carbocycles. The fraction of sp³-hybridized carbons (Fsp3) is 0.571. The minimum absolute atomic E-state index is 0.534. The summed E-state index contributed by atoms with van der Waals surface area (Å²) in [7, 11) is 3.37. The maximum absolute atomic E-state index is 5.38. The standard InChI is InChI=1S/C14H23NO2/c1-5-15-11(2)6-7-12-8-9-13(16-3)10-14(12)17-4/h8-11,15H,5-7H2,1-4H3. The zero-order chi connectivity index (χ0) is 12.7. The van der Waals surface area contributed by atoms with E-state index in [-0.39, 0.29) is 0 Å². The molecule has 17 heavy (non-hydrogen) atoms. The maximum atomic E-state index is 5.38. The third-order valence-electron chi connectivity index (χ3n) is 2.89. The molecule has 0 amide bonds. The molecule has 1 aromatic carbocycles. The van der Waals surface area contributed by atoms with Crippen molar-refractivity contribution < 1.29 is 9.47 Å². The minimum atomic E-state index is 0.534. The molecule has 3 nitrogen and oxygen atoms in total. The van der Waals surface area contributed by atoms with E-state index in [1.807, 2.05) is 12.1 Å². The summed E-state index contributed by atoms with van der Waals surface area (Å²) in [5.41, 5.74) is 1.23.